The molecule has 4 aromatic rings. The van der Waals surface area contributed by atoms with Gasteiger partial charge in [-0.25, -0.2) is 4.79 Å². The first-order valence-corrected chi connectivity index (χ1v) is 11.0. The Labute approximate surface area is 202 Å². The summed E-state index contributed by atoms with van der Waals surface area (Å²) in [6.45, 7) is 2.22. The Bertz CT molecular complexity index is 1330. The van der Waals surface area contributed by atoms with Crippen molar-refractivity contribution in [3.63, 3.8) is 0 Å². The normalized spacial score (nSPS) is 11.5. The van der Waals surface area contributed by atoms with Gasteiger partial charge in [-0.05, 0) is 35.9 Å². The molecule has 0 unspecified atom stereocenters. The Morgan fingerprint density at radius 1 is 0.971 bits per heavy atom. The number of fused-ring (bicyclic) bond motifs is 1. The van der Waals surface area contributed by atoms with Crippen LogP contribution in [0.3, 0.4) is 0 Å². The molecule has 0 aliphatic rings. The first kappa shape index (κ1) is 24.0. The molecular formula is C27H26N2O6. The minimum atomic E-state index is -0.545. The molecule has 180 valence electrons. The van der Waals surface area contributed by atoms with Crippen molar-refractivity contribution in [2.75, 3.05) is 27.1 Å². The number of carbonyl (C=O) groups is 1. The van der Waals surface area contributed by atoms with Gasteiger partial charge in [-0.3, -0.25) is 0 Å². The summed E-state index contributed by atoms with van der Waals surface area (Å²) in [5.41, 5.74) is 9.92. The average molecular weight is 475 g/mol. The van der Waals surface area contributed by atoms with Crippen molar-refractivity contribution in [3.8, 4) is 28.2 Å². The third-order valence-electron chi connectivity index (χ3n) is 5.17. The van der Waals surface area contributed by atoms with E-state index >= 15 is 0 Å². The van der Waals surface area contributed by atoms with Gasteiger partial charge in [0.1, 0.15) is 17.1 Å². The number of nitrogens with two attached hydrogens (primary N) is 1. The molecule has 2 N–H and O–H groups in total. The number of hydrogen-bond acceptors (Lipinski definition) is 7. The molecule has 0 aliphatic heterocycles. The summed E-state index contributed by atoms with van der Waals surface area (Å²) in [6, 6.07) is 23.1. The monoisotopic (exact) mass is 474 g/mol. The van der Waals surface area contributed by atoms with E-state index in [1.54, 1.807) is 19.2 Å². The molecule has 35 heavy (non-hydrogen) atoms. The molecular weight excluding hydrogens is 448 g/mol. The fourth-order valence-electron chi connectivity index (χ4n) is 3.53. The van der Waals surface area contributed by atoms with E-state index in [1.807, 2.05) is 60.7 Å². The molecule has 8 nitrogen and oxygen atoms in total. The predicted octanol–water partition coefficient (Wildman–Crippen LogP) is 4.95. The number of methoxy groups -OCH3 is 1. The Morgan fingerprint density at radius 2 is 1.77 bits per heavy atom. The maximum absolute atomic E-state index is 11.0. The molecule has 0 spiro atoms. The number of oxime groups is 1. The Hall–Kier alpha value is -4.14. The van der Waals surface area contributed by atoms with Crippen LogP contribution in [0.1, 0.15) is 12.5 Å². The quantitative estimate of drug-likeness (QED) is 0.0866. The molecule has 3 aromatic carbocycles. The summed E-state index contributed by atoms with van der Waals surface area (Å²) in [6.07, 6.45) is 0. The van der Waals surface area contributed by atoms with E-state index in [2.05, 4.69) is 9.99 Å². The standard InChI is InChI=1S/C27H26N2O6/c1-18(30)35-29-27(28)20-11-12-24-21(15-20)16-25(34-24)23-10-6-9-22(19-7-4-3-5-8-19)26(23)33-17-32-14-13-31-2/h3-12,15-16H,13-14,17H2,1-2H3,(H2,28,29). The summed E-state index contributed by atoms with van der Waals surface area (Å²) < 4.78 is 22.9. The van der Waals surface area contributed by atoms with Crippen molar-refractivity contribution in [1.82, 2.24) is 0 Å². The summed E-state index contributed by atoms with van der Waals surface area (Å²) in [4.78, 5) is 15.7. The summed E-state index contributed by atoms with van der Waals surface area (Å²) >= 11 is 0. The number of amidine groups is 1. The lowest BCUT2D eigenvalue weighted by Gasteiger charge is -2.15. The van der Waals surface area contributed by atoms with Crippen LogP contribution in [-0.4, -0.2) is 38.9 Å². The lowest BCUT2D eigenvalue weighted by molar-refractivity contribution is -0.140. The van der Waals surface area contributed by atoms with Crippen molar-refractivity contribution >= 4 is 22.8 Å². The molecule has 0 saturated heterocycles. The van der Waals surface area contributed by atoms with Crippen LogP contribution < -0.4 is 10.5 Å². The average Bonchev–Trinajstić information content (AvgIpc) is 3.31. The smallest absolute Gasteiger partial charge is 0.332 e. The van der Waals surface area contributed by atoms with Crippen LogP contribution in [0, 0.1) is 0 Å². The van der Waals surface area contributed by atoms with Crippen molar-refractivity contribution in [2.45, 2.75) is 6.92 Å². The molecule has 4 rings (SSSR count). The highest BCUT2D eigenvalue weighted by atomic mass is 16.7. The van der Waals surface area contributed by atoms with Gasteiger partial charge in [0.15, 0.2) is 12.6 Å². The van der Waals surface area contributed by atoms with Gasteiger partial charge in [0.25, 0.3) is 0 Å². The molecule has 8 heteroatoms. The SMILES string of the molecule is COCCOCOc1c(-c2ccccc2)cccc1-c1cc2cc(/C(N)=N\OC(C)=O)ccc2o1. The highest BCUT2D eigenvalue weighted by Crippen LogP contribution is 2.41. The molecule has 0 aliphatic carbocycles. The van der Waals surface area contributed by atoms with E-state index in [0.29, 0.717) is 35.9 Å². The minimum absolute atomic E-state index is 0.0632. The second-order valence-electron chi connectivity index (χ2n) is 7.63. The zero-order chi connectivity index (χ0) is 24.6. The van der Waals surface area contributed by atoms with E-state index in [4.69, 9.17) is 24.4 Å². The number of hydrogen-bond donors (Lipinski definition) is 1. The van der Waals surface area contributed by atoms with Gasteiger partial charge < -0.3 is 29.2 Å². The van der Waals surface area contributed by atoms with Crippen molar-refractivity contribution < 1.29 is 28.3 Å². The molecule has 0 fully saturated rings. The zero-order valence-electron chi connectivity index (χ0n) is 19.5. The fourth-order valence-corrected chi connectivity index (χ4v) is 3.53. The molecule has 1 heterocycles. The molecule has 1 aromatic heterocycles. The molecule has 0 amide bonds. The van der Waals surface area contributed by atoms with E-state index in [-0.39, 0.29) is 12.6 Å². The molecule has 0 bridgehead atoms. The highest BCUT2D eigenvalue weighted by molar-refractivity contribution is 6.01. The van der Waals surface area contributed by atoms with Crippen LogP contribution in [0.15, 0.2) is 82.4 Å². The summed E-state index contributed by atoms with van der Waals surface area (Å²) in [5.74, 6) is 0.813. The van der Waals surface area contributed by atoms with Crippen molar-refractivity contribution in [3.05, 3.63) is 78.4 Å². The second kappa shape index (κ2) is 11.3. The van der Waals surface area contributed by atoms with E-state index < -0.39 is 5.97 Å². The molecule has 0 atom stereocenters. The summed E-state index contributed by atoms with van der Waals surface area (Å²) in [7, 11) is 1.62. The van der Waals surface area contributed by atoms with Crippen LogP contribution in [-0.2, 0) is 19.1 Å². The topological polar surface area (TPSA) is 106 Å². The Kier molecular flexibility index (Phi) is 7.77. The van der Waals surface area contributed by atoms with E-state index in [0.717, 1.165) is 22.1 Å². The van der Waals surface area contributed by atoms with Crippen LogP contribution >= 0.6 is 0 Å². The molecule has 0 radical (unpaired) electrons. The number of benzene rings is 3. The molecule has 0 saturated carbocycles. The predicted molar refractivity (Wildman–Crippen MR) is 133 cm³/mol. The summed E-state index contributed by atoms with van der Waals surface area (Å²) in [5, 5.41) is 4.46. The fraction of sp³-hybridized carbons (Fsp3) is 0.185. The Balaban J connectivity index is 1.71. The number of rotatable bonds is 10. The highest BCUT2D eigenvalue weighted by Gasteiger charge is 2.17. The third-order valence-corrected chi connectivity index (χ3v) is 5.17. The lowest BCUT2D eigenvalue weighted by Crippen LogP contribution is -2.14. The zero-order valence-corrected chi connectivity index (χ0v) is 19.5. The van der Waals surface area contributed by atoms with Gasteiger partial charge in [-0.1, -0.05) is 47.6 Å². The van der Waals surface area contributed by atoms with Crippen molar-refractivity contribution in [2.24, 2.45) is 10.9 Å². The van der Waals surface area contributed by atoms with Crippen LogP contribution in [0.4, 0.5) is 0 Å². The number of furan rings is 1. The van der Waals surface area contributed by atoms with Gasteiger partial charge in [-0.15, -0.1) is 0 Å². The largest absolute Gasteiger partial charge is 0.466 e. The second-order valence-corrected chi connectivity index (χ2v) is 7.63. The van der Waals surface area contributed by atoms with Gasteiger partial charge in [0.2, 0.25) is 0 Å². The minimum Gasteiger partial charge on any atom is -0.466 e. The van der Waals surface area contributed by atoms with Gasteiger partial charge >= 0.3 is 5.97 Å². The maximum atomic E-state index is 11.0. The van der Waals surface area contributed by atoms with Gasteiger partial charge in [0, 0.05) is 30.5 Å². The van der Waals surface area contributed by atoms with Gasteiger partial charge in [0.05, 0.1) is 18.8 Å². The maximum Gasteiger partial charge on any atom is 0.332 e. The van der Waals surface area contributed by atoms with Crippen LogP contribution in [0.5, 0.6) is 5.75 Å². The Morgan fingerprint density at radius 3 is 2.54 bits per heavy atom. The number of para-hydroxylation sites is 1. The number of nitrogens with zero attached hydrogens (tertiary/aromatic N) is 1. The first-order chi connectivity index (χ1) is 17.1. The van der Waals surface area contributed by atoms with E-state index in [9.17, 15) is 4.79 Å². The van der Waals surface area contributed by atoms with Crippen LogP contribution in [0.25, 0.3) is 33.4 Å². The number of ether oxygens (including phenoxy) is 3. The van der Waals surface area contributed by atoms with Crippen LogP contribution in [0.2, 0.25) is 0 Å². The van der Waals surface area contributed by atoms with Crippen molar-refractivity contribution in [1.29, 1.82) is 0 Å². The number of carbonyl (C=O) groups excluding carboxylic acids is 1. The van der Waals surface area contributed by atoms with Gasteiger partial charge in [-0.2, -0.15) is 0 Å². The van der Waals surface area contributed by atoms with E-state index in [1.165, 1.54) is 6.92 Å². The lowest BCUT2D eigenvalue weighted by atomic mass is 10.00. The first-order valence-electron chi connectivity index (χ1n) is 11.0. The third kappa shape index (κ3) is 5.87.